The zero-order valence-electron chi connectivity index (χ0n) is 10.4. The molecule has 1 N–H and O–H groups in total. The van der Waals surface area contributed by atoms with Crippen LogP contribution in [0, 0.1) is 10.1 Å². The molecule has 0 saturated carbocycles. The molecule has 10 heteroatoms. The minimum Gasteiger partial charge on any atom is -0.299 e. The SMILES string of the molecule is CC(=O)OOCCNS(=O)(=O)c1ccccc1[N+](=O)[O-]. The quantitative estimate of drug-likeness (QED) is 0.334. The number of rotatable bonds is 7. The summed E-state index contributed by atoms with van der Waals surface area (Å²) >= 11 is 0. The van der Waals surface area contributed by atoms with Crippen molar-refractivity contribution in [3.8, 4) is 0 Å². The standard InChI is InChI=1S/C10H12N2O7S/c1-8(13)19-18-7-6-11-20(16,17)10-5-3-2-4-9(10)12(14)15/h2-5,11H,6-7H2,1H3. The van der Waals surface area contributed by atoms with Crippen molar-refractivity contribution in [2.24, 2.45) is 0 Å². The molecule has 0 atom stereocenters. The Kier molecular flexibility index (Phi) is 5.55. The Morgan fingerprint density at radius 1 is 1.40 bits per heavy atom. The maximum absolute atomic E-state index is 11.9. The van der Waals surface area contributed by atoms with Gasteiger partial charge in [-0.1, -0.05) is 12.1 Å². The van der Waals surface area contributed by atoms with E-state index in [1.165, 1.54) is 12.1 Å². The lowest BCUT2D eigenvalue weighted by Gasteiger charge is -2.06. The van der Waals surface area contributed by atoms with Crippen LogP contribution in [-0.2, 0) is 24.6 Å². The third kappa shape index (κ3) is 4.57. The van der Waals surface area contributed by atoms with Gasteiger partial charge in [0.25, 0.3) is 5.69 Å². The highest BCUT2D eigenvalue weighted by atomic mass is 32.2. The molecule has 1 aromatic rings. The second-order valence-corrected chi connectivity index (χ2v) is 5.25. The largest absolute Gasteiger partial charge is 0.339 e. The summed E-state index contributed by atoms with van der Waals surface area (Å²) in [6, 6.07) is 4.94. The summed E-state index contributed by atoms with van der Waals surface area (Å²) in [5.74, 6) is -0.674. The van der Waals surface area contributed by atoms with Crippen LogP contribution in [0.2, 0.25) is 0 Å². The van der Waals surface area contributed by atoms with Gasteiger partial charge in [0.15, 0.2) is 4.90 Å². The number of carbonyl (C=O) groups excluding carboxylic acids is 1. The number of hydrogen-bond acceptors (Lipinski definition) is 7. The van der Waals surface area contributed by atoms with E-state index in [4.69, 9.17) is 0 Å². The van der Waals surface area contributed by atoms with E-state index >= 15 is 0 Å². The third-order valence-corrected chi connectivity index (χ3v) is 3.51. The van der Waals surface area contributed by atoms with Gasteiger partial charge in [0.05, 0.1) is 4.92 Å². The Hall–Kier alpha value is -2.04. The van der Waals surface area contributed by atoms with Gasteiger partial charge in [-0.25, -0.2) is 17.9 Å². The topological polar surface area (TPSA) is 125 Å². The molecule has 0 saturated heterocycles. The summed E-state index contributed by atoms with van der Waals surface area (Å²) in [5.41, 5.74) is -0.527. The average molecular weight is 304 g/mol. The van der Waals surface area contributed by atoms with Gasteiger partial charge in [0.1, 0.15) is 6.61 Å². The number of hydrogen-bond donors (Lipinski definition) is 1. The number of nitro groups is 1. The fourth-order valence-electron chi connectivity index (χ4n) is 1.26. The van der Waals surface area contributed by atoms with Crippen molar-refractivity contribution in [3.63, 3.8) is 0 Å². The van der Waals surface area contributed by atoms with Crippen molar-refractivity contribution < 1.29 is 27.9 Å². The highest BCUT2D eigenvalue weighted by Crippen LogP contribution is 2.22. The third-order valence-electron chi connectivity index (χ3n) is 2.01. The highest BCUT2D eigenvalue weighted by molar-refractivity contribution is 7.89. The van der Waals surface area contributed by atoms with Crippen molar-refractivity contribution in [3.05, 3.63) is 34.4 Å². The van der Waals surface area contributed by atoms with E-state index in [2.05, 4.69) is 14.5 Å². The number of para-hydroxylation sites is 1. The van der Waals surface area contributed by atoms with Crippen molar-refractivity contribution in [1.29, 1.82) is 0 Å². The van der Waals surface area contributed by atoms with E-state index in [1.807, 2.05) is 0 Å². The van der Waals surface area contributed by atoms with E-state index in [9.17, 15) is 23.3 Å². The van der Waals surface area contributed by atoms with Gasteiger partial charge >= 0.3 is 5.97 Å². The van der Waals surface area contributed by atoms with Gasteiger partial charge in [-0.05, 0) is 6.07 Å². The monoisotopic (exact) mass is 304 g/mol. The number of sulfonamides is 1. The van der Waals surface area contributed by atoms with Crippen LogP contribution in [0.5, 0.6) is 0 Å². The predicted octanol–water partition coefficient (Wildman–Crippen LogP) is 0.368. The predicted molar refractivity (Wildman–Crippen MR) is 66.0 cm³/mol. The van der Waals surface area contributed by atoms with E-state index < -0.39 is 31.5 Å². The molecule has 0 aliphatic rings. The first-order valence-electron chi connectivity index (χ1n) is 5.37. The lowest BCUT2D eigenvalue weighted by molar-refractivity contribution is -0.387. The summed E-state index contributed by atoms with van der Waals surface area (Å²) in [6.45, 7) is 0.693. The molecule has 0 heterocycles. The fraction of sp³-hybridized carbons (Fsp3) is 0.300. The van der Waals surface area contributed by atoms with E-state index in [0.717, 1.165) is 19.1 Å². The molecule has 0 bridgehead atoms. The molecular formula is C10H12N2O7S. The lowest BCUT2D eigenvalue weighted by Crippen LogP contribution is -2.28. The zero-order valence-corrected chi connectivity index (χ0v) is 11.3. The van der Waals surface area contributed by atoms with Gasteiger partial charge in [0.2, 0.25) is 10.0 Å². The first-order valence-corrected chi connectivity index (χ1v) is 6.86. The number of benzene rings is 1. The van der Waals surface area contributed by atoms with Gasteiger partial charge < -0.3 is 0 Å². The van der Waals surface area contributed by atoms with Crippen molar-refractivity contribution in [2.75, 3.05) is 13.2 Å². The summed E-state index contributed by atoms with van der Waals surface area (Å²) in [6.07, 6.45) is 0. The second-order valence-electron chi connectivity index (χ2n) is 3.52. The van der Waals surface area contributed by atoms with E-state index in [-0.39, 0.29) is 13.2 Å². The summed E-state index contributed by atoms with van der Waals surface area (Å²) in [5, 5.41) is 10.8. The first kappa shape index (κ1) is 16.0. The molecule has 0 fully saturated rings. The highest BCUT2D eigenvalue weighted by Gasteiger charge is 2.24. The van der Waals surface area contributed by atoms with Crippen LogP contribution in [0.15, 0.2) is 29.2 Å². The Balaban J connectivity index is 2.70. The number of carbonyl (C=O) groups is 1. The molecule has 9 nitrogen and oxygen atoms in total. The zero-order chi connectivity index (χ0) is 15.2. The van der Waals surface area contributed by atoms with E-state index in [0.29, 0.717) is 0 Å². The van der Waals surface area contributed by atoms with Crippen molar-refractivity contribution >= 4 is 21.7 Å². The molecular weight excluding hydrogens is 292 g/mol. The molecule has 20 heavy (non-hydrogen) atoms. The van der Waals surface area contributed by atoms with Crippen molar-refractivity contribution in [1.82, 2.24) is 4.72 Å². The van der Waals surface area contributed by atoms with Gasteiger partial charge in [-0.3, -0.25) is 15.0 Å². The van der Waals surface area contributed by atoms with E-state index in [1.54, 1.807) is 0 Å². The minimum absolute atomic E-state index is 0.207. The molecule has 1 aromatic carbocycles. The molecule has 0 radical (unpaired) electrons. The average Bonchev–Trinajstić information content (AvgIpc) is 2.37. The van der Waals surface area contributed by atoms with Crippen LogP contribution in [0.3, 0.4) is 0 Å². The van der Waals surface area contributed by atoms with Gasteiger partial charge in [-0.15, -0.1) is 0 Å². The minimum atomic E-state index is -4.05. The summed E-state index contributed by atoms with van der Waals surface area (Å²) < 4.78 is 25.8. The molecule has 1 rings (SSSR count). The summed E-state index contributed by atoms with van der Waals surface area (Å²) in [4.78, 5) is 28.4. The molecule has 0 aliphatic carbocycles. The fourth-order valence-corrected chi connectivity index (χ4v) is 2.44. The number of nitrogens with one attached hydrogen (secondary N) is 1. The van der Waals surface area contributed by atoms with Crippen LogP contribution in [0.4, 0.5) is 5.69 Å². The number of nitrogens with zero attached hydrogens (tertiary/aromatic N) is 1. The lowest BCUT2D eigenvalue weighted by atomic mass is 10.3. The van der Waals surface area contributed by atoms with Crippen LogP contribution < -0.4 is 4.72 Å². The van der Waals surface area contributed by atoms with Crippen LogP contribution in [0.1, 0.15) is 6.92 Å². The van der Waals surface area contributed by atoms with Crippen LogP contribution in [-0.4, -0.2) is 32.5 Å². The van der Waals surface area contributed by atoms with Crippen LogP contribution in [0.25, 0.3) is 0 Å². The molecule has 0 amide bonds. The number of nitro benzene ring substituents is 1. The Bertz CT molecular complexity index is 599. The second kappa shape index (κ2) is 6.93. The smallest absolute Gasteiger partial charge is 0.299 e. The van der Waals surface area contributed by atoms with Gasteiger partial charge in [-0.2, -0.15) is 4.89 Å². The molecule has 0 spiro atoms. The summed E-state index contributed by atoms with van der Waals surface area (Å²) in [7, 11) is -4.05. The molecule has 0 aliphatic heterocycles. The Morgan fingerprint density at radius 2 is 2.05 bits per heavy atom. The van der Waals surface area contributed by atoms with Crippen LogP contribution >= 0.6 is 0 Å². The molecule has 110 valence electrons. The Morgan fingerprint density at radius 3 is 2.65 bits per heavy atom. The molecule has 0 unspecified atom stereocenters. The van der Waals surface area contributed by atoms with Gasteiger partial charge in [0, 0.05) is 19.5 Å². The maximum atomic E-state index is 11.9. The first-order chi connectivity index (χ1) is 9.34. The maximum Gasteiger partial charge on any atom is 0.339 e. The Labute approximate surface area is 114 Å². The molecule has 0 aromatic heterocycles. The van der Waals surface area contributed by atoms with Crippen molar-refractivity contribution in [2.45, 2.75) is 11.8 Å². The normalized spacial score (nSPS) is 11.1.